The van der Waals surface area contributed by atoms with Crippen LogP contribution in [-0.2, 0) is 10.0 Å². The minimum absolute atomic E-state index is 0.0484. The molecule has 0 spiro atoms. The predicted molar refractivity (Wildman–Crippen MR) is 78.6 cm³/mol. The molecule has 1 aromatic heterocycles. The highest BCUT2D eigenvalue weighted by Gasteiger charge is 2.19. The van der Waals surface area contributed by atoms with Crippen LogP contribution >= 0.6 is 38.9 Å². The maximum atomic E-state index is 13.0. The van der Waals surface area contributed by atoms with E-state index >= 15 is 0 Å². The van der Waals surface area contributed by atoms with Gasteiger partial charge in [0.05, 0.1) is 20.2 Å². The molecule has 0 radical (unpaired) electrons. The molecule has 0 fully saturated rings. The Morgan fingerprint density at radius 3 is 2.58 bits per heavy atom. The fourth-order valence-corrected chi connectivity index (χ4v) is 4.72. The van der Waals surface area contributed by atoms with Crippen LogP contribution in [0.5, 0.6) is 0 Å². The van der Waals surface area contributed by atoms with Gasteiger partial charge in [0.2, 0.25) is 0 Å². The molecule has 0 amide bonds. The Labute approximate surface area is 126 Å². The third-order valence-electron chi connectivity index (χ3n) is 2.14. The number of halogens is 3. The first-order valence-corrected chi connectivity index (χ1v) is 8.29. The van der Waals surface area contributed by atoms with Crippen molar-refractivity contribution in [3.63, 3.8) is 0 Å². The molecule has 1 heterocycles. The molecule has 3 N–H and O–H groups in total. The zero-order valence-electron chi connectivity index (χ0n) is 9.15. The van der Waals surface area contributed by atoms with Crippen molar-refractivity contribution in [2.75, 3.05) is 10.5 Å². The average Bonchev–Trinajstić information content (AvgIpc) is 2.65. The van der Waals surface area contributed by atoms with Crippen molar-refractivity contribution in [2.45, 2.75) is 4.21 Å². The maximum absolute atomic E-state index is 13.0. The largest absolute Gasteiger partial charge is 0.396 e. The predicted octanol–water partition coefficient (Wildman–Crippen LogP) is 3.69. The summed E-state index contributed by atoms with van der Waals surface area (Å²) in [6.07, 6.45) is 0. The van der Waals surface area contributed by atoms with Crippen molar-refractivity contribution in [1.82, 2.24) is 0 Å². The number of nitrogens with two attached hydrogens (primary N) is 1. The first-order chi connectivity index (χ1) is 8.79. The molecule has 0 aliphatic heterocycles. The van der Waals surface area contributed by atoms with E-state index in [9.17, 15) is 12.8 Å². The monoisotopic (exact) mass is 384 g/mol. The SMILES string of the molecule is Nc1cc(NS(=O)(=O)c2cc(Cl)c(Br)s2)ccc1F. The fraction of sp³-hybridized carbons (Fsp3) is 0. The summed E-state index contributed by atoms with van der Waals surface area (Å²) in [4.78, 5) is 0. The van der Waals surface area contributed by atoms with Crippen LogP contribution in [0.25, 0.3) is 0 Å². The van der Waals surface area contributed by atoms with Crippen LogP contribution < -0.4 is 10.5 Å². The highest BCUT2D eigenvalue weighted by atomic mass is 79.9. The lowest BCUT2D eigenvalue weighted by molar-refractivity contribution is 0.603. The third kappa shape index (κ3) is 3.19. The molecule has 0 saturated heterocycles. The van der Waals surface area contributed by atoms with Gasteiger partial charge in [-0.3, -0.25) is 4.72 Å². The summed E-state index contributed by atoms with van der Waals surface area (Å²) < 4.78 is 40.0. The van der Waals surface area contributed by atoms with Crippen molar-refractivity contribution in [3.05, 3.63) is 38.9 Å². The van der Waals surface area contributed by atoms with Crippen LogP contribution in [0.4, 0.5) is 15.8 Å². The van der Waals surface area contributed by atoms with E-state index in [1.165, 1.54) is 18.2 Å². The van der Waals surface area contributed by atoms with Crippen LogP contribution in [0.2, 0.25) is 5.02 Å². The van der Waals surface area contributed by atoms with E-state index in [2.05, 4.69) is 20.7 Å². The third-order valence-corrected chi connectivity index (χ3v) is 6.47. The van der Waals surface area contributed by atoms with E-state index in [-0.39, 0.29) is 15.6 Å². The van der Waals surface area contributed by atoms with Crippen LogP contribution in [0.1, 0.15) is 0 Å². The Bertz CT molecular complexity index is 714. The van der Waals surface area contributed by atoms with E-state index in [0.29, 0.717) is 8.81 Å². The van der Waals surface area contributed by atoms with E-state index in [1.807, 2.05) is 0 Å². The molecule has 102 valence electrons. The van der Waals surface area contributed by atoms with Crippen molar-refractivity contribution in [3.8, 4) is 0 Å². The molecular weight excluding hydrogens is 379 g/mol. The molecule has 9 heteroatoms. The quantitative estimate of drug-likeness (QED) is 0.792. The summed E-state index contributed by atoms with van der Waals surface area (Å²) in [7, 11) is -3.77. The molecule has 1 aromatic carbocycles. The van der Waals surface area contributed by atoms with Gasteiger partial charge in [-0.1, -0.05) is 11.6 Å². The summed E-state index contributed by atoms with van der Waals surface area (Å²) in [5, 5.41) is 0.309. The lowest BCUT2D eigenvalue weighted by Crippen LogP contribution is -2.11. The number of sulfonamides is 1. The number of thiophene rings is 1. The minimum atomic E-state index is -3.77. The molecule has 4 nitrogen and oxygen atoms in total. The molecule has 0 unspecified atom stereocenters. The molecule has 0 saturated carbocycles. The van der Waals surface area contributed by atoms with Gasteiger partial charge in [-0.25, -0.2) is 12.8 Å². The van der Waals surface area contributed by atoms with Gasteiger partial charge in [0.25, 0.3) is 10.0 Å². The number of rotatable bonds is 3. The van der Waals surface area contributed by atoms with Crippen LogP contribution in [-0.4, -0.2) is 8.42 Å². The van der Waals surface area contributed by atoms with Gasteiger partial charge in [0.15, 0.2) is 0 Å². The molecule has 0 bridgehead atoms. The zero-order valence-corrected chi connectivity index (χ0v) is 13.1. The minimum Gasteiger partial charge on any atom is -0.396 e. The molecule has 2 rings (SSSR count). The lowest BCUT2D eigenvalue weighted by atomic mass is 10.3. The Kier molecular flexibility index (Phi) is 4.05. The molecular formula is C10H7BrClFN2O2S2. The van der Waals surface area contributed by atoms with E-state index in [4.69, 9.17) is 17.3 Å². The highest BCUT2D eigenvalue weighted by molar-refractivity contribution is 9.11. The van der Waals surface area contributed by atoms with Gasteiger partial charge >= 0.3 is 0 Å². The molecule has 0 aliphatic carbocycles. The number of anilines is 2. The summed E-state index contributed by atoms with van der Waals surface area (Å²) in [6.45, 7) is 0. The average molecular weight is 386 g/mol. The van der Waals surface area contributed by atoms with E-state index < -0.39 is 15.8 Å². The van der Waals surface area contributed by atoms with Crippen LogP contribution in [0, 0.1) is 5.82 Å². The molecule has 19 heavy (non-hydrogen) atoms. The second-order valence-corrected chi connectivity index (χ2v) is 8.22. The van der Waals surface area contributed by atoms with Crippen molar-refractivity contribution < 1.29 is 12.8 Å². The second kappa shape index (κ2) is 5.28. The smallest absolute Gasteiger partial charge is 0.271 e. The van der Waals surface area contributed by atoms with Gasteiger partial charge in [-0.2, -0.15) is 0 Å². The summed E-state index contributed by atoms with van der Waals surface area (Å²) in [5.41, 5.74) is 5.42. The van der Waals surface area contributed by atoms with E-state index in [0.717, 1.165) is 17.4 Å². The second-order valence-electron chi connectivity index (χ2n) is 3.53. The first-order valence-electron chi connectivity index (χ1n) is 4.82. The number of benzene rings is 1. The number of nitrogens with one attached hydrogen (secondary N) is 1. The highest BCUT2D eigenvalue weighted by Crippen LogP contribution is 2.35. The number of nitrogen functional groups attached to an aromatic ring is 1. The van der Waals surface area contributed by atoms with Crippen LogP contribution in [0.15, 0.2) is 32.3 Å². The Morgan fingerprint density at radius 2 is 2.05 bits per heavy atom. The lowest BCUT2D eigenvalue weighted by Gasteiger charge is -2.07. The van der Waals surface area contributed by atoms with E-state index in [1.54, 1.807) is 0 Å². The van der Waals surface area contributed by atoms with Crippen molar-refractivity contribution in [1.29, 1.82) is 0 Å². The van der Waals surface area contributed by atoms with Gasteiger partial charge in [-0.05, 0) is 40.2 Å². The van der Waals surface area contributed by atoms with Gasteiger partial charge in [0.1, 0.15) is 10.0 Å². The van der Waals surface area contributed by atoms with Gasteiger partial charge in [-0.15, -0.1) is 11.3 Å². The topological polar surface area (TPSA) is 72.2 Å². The Hall–Kier alpha value is -0.830. The molecule has 2 aromatic rings. The van der Waals surface area contributed by atoms with Gasteiger partial charge in [0, 0.05) is 0 Å². The number of hydrogen-bond acceptors (Lipinski definition) is 4. The summed E-state index contributed by atoms with van der Waals surface area (Å²) in [6, 6.07) is 4.90. The first kappa shape index (κ1) is 14.6. The number of hydrogen-bond donors (Lipinski definition) is 2. The standard InChI is InChI=1S/C10H7BrClFN2O2S2/c11-10-6(12)4-9(18-10)19(16,17)15-5-1-2-7(13)8(14)3-5/h1-4,15H,14H2. The van der Waals surface area contributed by atoms with Crippen molar-refractivity contribution in [2.24, 2.45) is 0 Å². The zero-order chi connectivity index (χ0) is 14.2. The maximum Gasteiger partial charge on any atom is 0.271 e. The van der Waals surface area contributed by atoms with Crippen molar-refractivity contribution >= 4 is 60.3 Å². The molecule has 0 atom stereocenters. The fourth-order valence-electron chi connectivity index (χ4n) is 1.27. The molecule has 0 aliphatic rings. The normalized spacial score (nSPS) is 11.5. The van der Waals surface area contributed by atoms with Gasteiger partial charge < -0.3 is 5.73 Å². The Balaban J connectivity index is 2.33. The summed E-state index contributed by atoms with van der Waals surface area (Å²) in [5.74, 6) is -0.607. The Morgan fingerprint density at radius 1 is 1.37 bits per heavy atom. The summed E-state index contributed by atoms with van der Waals surface area (Å²) >= 11 is 9.90. The van der Waals surface area contributed by atoms with Crippen LogP contribution in [0.3, 0.4) is 0 Å².